The first-order valence-corrected chi connectivity index (χ1v) is 8.96. The Morgan fingerprint density at radius 3 is 2.56 bits per heavy atom. The summed E-state index contributed by atoms with van der Waals surface area (Å²) in [6, 6.07) is 11.9. The van der Waals surface area contributed by atoms with Crippen LogP contribution in [0.25, 0.3) is 10.2 Å². The third-order valence-electron chi connectivity index (χ3n) is 3.73. The van der Waals surface area contributed by atoms with Gasteiger partial charge in [-0.05, 0) is 35.4 Å². The highest BCUT2D eigenvalue weighted by Crippen LogP contribution is 2.28. The highest BCUT2D eigenvalue weighted by Gasteiger charge is 2.15. The summed E-state index contributed by atoms with van der Waals surface area (Å²) in [5.41, 5.74) is 2.68. The van der Waals surface area contributed by atoms with Crippen molar-refractivity contribution in [3.63, 3.8) is 0 Å². The largest absolute Gasteiger partial charge is 0.473 e. The molecule has 25 heavy (non-hydrogen) atoms. The predicted octanol–water partition coefficient (Wildman–Crippen LogP) is 4.21. The van der Waals surface area contributed by atoms with Gasteiger partial charge < -0.3 is 9.64 Å². The van der Waals surface area contributed by atoms with Gasteiger partial charge in [0.1, 0.15) is 11.7 Å². The first kappa shape index (κ1) is 17.6. The van der Waals surface area contributed by atoms with E-state index in [0.29, 0.717) is 18.3 Å². The summed E-state index contributed by atoms with van der Waals surface area (Å²) in [6.07, 6.45) is 0. The van der Waals surface area contributed by atoms with E-state index < -0.39 is 0 Å². The van der Waals surface area contributed by atoms with Crippen LogP contribution in [-0.4, -0.2) is 28.8 Å². The van der Waals surface area contributed by atoms with Gasteiger partial charge >= 0.3 is 0 Å². The number of rotatable bonds is 6. The number of hydrogen-bond donors (Lipinski definition) is 0. The van der Waals surface area contributed by atoms with Gasteiger partial charge in [-0.2, -0.15) is 0 Å². The van der Waals surface area contributed by atoms with E-state index in [2.05, 4.69) is 4.98 Å². The van der Waals surface area contributed by atoms with Crippen LogP contribution in [0, 0.1) is 5.82 Å². The van der Waals surface area contributed by atoms with Gasteiger partial charge in [-0.15, -0.1) is 11.6 Å². The van der Waals surface area contributed by atoms with Crippen molar-refractivity contribution >= 4 is 39.1 Å². The van der Waals surface area contributed by atoms with Crippen LogP contribution in [0.5, 0.6) is 5.19 Å². The quantitative estimate of drug-likeness (QED) is 0.603. The van der Waals surface area contributed by atoms with Crippen LogP contribution >= 0.6 is 22.9 Å². The monoisotopic (exact) mass is 378 g/mol. The molecule has 4 nitrogen and oxygen atoms in total. The summed E-state index contributed by atoms with van der Waals surface area (Å²) in [6.45, 7) is 0.787. The van der Waals surface area contributed by atoms with E-state index in [1.54, 1.807) is 24.1 Å². The number of carbonyl (C=O) groups is 1. The Morgan fingerprint density at radius 1 is 1.20 bits per heavy atom. The Labute approximate surface area is 153 Å². The van der Waals surface area contributed by atoms with Crippen LogP contribution in [0.1, 0.15) is 11.1 Å². The van der Waals surface area contributed by atoms with Crippen LogP contribution < -0.4 is 4.74 Å². The lowest BCUT2D eigenvalue weighted by Gasteiger charge is -2.22. The van der Waals surface area contributed by atoms with Gasteiger partial charge in [0.15, 0.2) is 0 Å². The molecule has 0 bridgehead atoms. The molecule has 0 aliphatic carbocycles. The number of methoxy groups -OCH3 is 1. The maximum atomic E-state index is 13.1. The van der Waals surface area contributed by atoms with Gasteiger partial charge in [0.2, 0.25) is 5.91 Å². The zero-order valence-electron chi connectivity index (χ0n) is 13.5. The highest BCUT2D eigenvalue weighted by molar-refractivity contribution is 7.20. The Kier molecular flexibility index (Phi) is 5.50. The van der Waals surface area contributed by atoms with E-state index in [1.165, 1.54) is 23.5 Å². The third kappa shape index (κ3) is 4.27. The molecule has 3 aromatic rings. The van der Waals surface area contributed by atoms with Crippen molar-refractivity contribution < 1.29 is 13.9 Å². The van der Waals surface area contributed by atoms with E-state index >= 15 is 0 Å². The molecule has 0 saturated heterocycles. The fourth-order valence-corrected chi connectivity index (χ4v) is 3.49. The number of fused-ring (bicyclic) bond motifs is 1. The van der Waals surface area contributed by atoms with E-state index in [1.807, 2.05) is 18.2 Å². The van der Waals surface area contributed by atoms with E-state index in [-0.39, 0.29) is 17.6 Å². The number of thiazole rings is 1. The second kappa shape index (κ2) is 7.80. The SMILES string of the molecule is COc1nc2ccc(CN(Cc3ccc(F)cc3)C(=O)CCl)cc2s1. The summed E-state index contributed by atoms with van der Waals surface area (Å²) >= 11 is 7.20. The van der Waals surface area contributed by atoms with Gasteiger partial charge in [-0.3, -0.25) is 4.79 Å². The Balaban J connectivity index is 1.81. The average molecular weight is 379 g/mol. The molecule has 0 aliphatic heterocycles. The van der Waals surface area contributed by atoms with Gasteiger partial charge in [-0.25, -0.2) is 9.37 Å². The lowest BCUT2D eigenvalue weighted by molar-refractivity contribution is -0.129. The van der Waals surface area contributed by atoms with Crippen molar-refractivity contribution in [1.29, 1.82) is 0 Å². The molecular weight excluding hydrogens is 363 g/mol. The second-order valence-electron chi connectivity index (χ2n) is 5.50. The fraction of sp³-hybridized carbons (Fsp3) is 0.222. The maximum absolute atomic E-state index is 13.1. The smallest absolute Gasteiger partial charge is 0.274 e. The number of benzene rings is 2. The minimum Gasteiger partial charge on any atom is -0.473 e. The first-order valence-electron chi connectivity index (χ1n) is 7.60. The number of hydrogen-bond acceptors (Lipinski definition) is 4. The van der Waals surface area contributed by atoms with Crippen LogP contribution in [0.3, 0.4) is 0 Å². The Bertz CT molecular complexity index is 882. The first-order chi connectivity index (χ1) is 12.1. The van der Waals surface area contributed by atoms with Crippen molar-refractivity contribution in [2.45, 2.75) is 13.1 Å². The average Bonchev–Trinajstić information content (AvgIpc) is 3.04. The molecule has 0 radical (unpaired) electrons. The standard InChI is InChI=1S/C18H16ClFN2O2S/c1-24-18-21-15-7-4-13(8-16(15)25-18)11-22(17(23)9-19)10-12-2-5-14(20)6-3-12/h2-8H,9-11H2,1H3. The minimum absolute atomic E-state index is 0.0994. The molecule has 130 valence electrons. The lowest BCUT2D eigenvalue weighted by atomic mass is 10.1. The Morgan fingerprint density at radius 2 is 1.88 bits per heavy atom. The number of ether oxygens (including phenoxy) is 1. The molecule has 1 heterocycles. The molecule has 3 rings (SSSR count). The van der Waals surface area contributed by atoms with E-state index in [0.717, 1.165) is 21.3 Å². The van der Waals surface area contributed by atoms with Crippen molar-refractivity contribution in [2.24, 2.45) is 0 Å². The molecule has 0 spiro atoms. The summed E-state index contributed by atoms with van der Waals surface area (Å²) in [4.78, 5) is 18.2. The molecular formula is C18H16ClFN2O2S. The van der Waals surface area contributed by atoms with Crippen LogP contribution in [0.4, 0.5) is 4.39 Å². The molecule has 2 aromatic carbocycles. The molecule has 7 heteroatoms. The molecule has 0 unspecified atom stereocenters. The summed E-state index contributed by atoms with van der Waals surface area (Å²) in [7, 11) is 1.59. The minimum atomic E-state index is -0.302. The van der Waals surface area contributed by atoms with Crippen LogP contribution in [0.15, 0.2) is 42.5 Å². The van der Waals surface area contributed by atoms with Crippen LogP contribution in [-0.2, 0) is 17.9 Å². The van der Waals surface area contributed by atoms with E-state index in [4.69, 9.17) is 16.3 Å². The lowest BCUT2D eigenvalue weighted by Crippen LogP contribution is -2.31. The van der Waals surface area contributed by atoms with Gasteiger partial charge in [0, 0.05) is 13.1 Å². The van der Waals surface area contributed by atoms with Crippen molar-refractivity contribution in [3.05, 3.63) is 59.4 Å². The zero-order valence-corrected chi connectivity index (χ0v) is 15.1. The van der Waals surface area contributed by atoms with Gasteiger partial charge in [0.25, 0.3) is 5.19 Å². The normalized spacial score (nSPS) is 10.8. The van der Waals surface area contributed by atoms with Gasteiger partial charge in [0.05, 0.1) is 17.3 Å². The molecule has 0 saturated carbocycles. The molecule has 0 fully saturated rings. The number of carbonyl (C=O) groups excluding carboxylic acids is 1. The van der Waals surface area contributed by atoms with Crippen LogP contribution in [0.2, 0.25) is 0 Å². The van der Waals surface area contributed by atoms with E-state index in [9.17, 15) is 9.18 Å². The Hall–Kier alpha value is -2.18. The molecule has 1 amide bonds. The van der Waals surface area contributed by atoms with Crippen molar-refractivity contribution in [1.82, 2.24) is 9.88 Å². The predicted molar refractivity (Wildman–Crippen MR) is 97.5 cm³/mol. The maximum Gasteiger partial charge on any atom is 0.274 e. The topological polar surface area (TPSA) is 42.4 Å². The molecule has 0 aliphatic rings. The molecule has 0 N–H and O–H groups in total. The van der Waals surface area contributed by atoms with Gasteiger partial charge in [-0.1, -0.05) is 29.5 Å². The number of alkyl halides is 1. The number of amides is 1. The second-order valence-corrected chi connectivity index (χ2v) is 6.76. The highest BCUT2D eigenvalue weighted by atomic mass is 35.5. The summed E-state index contributed by atoms with van der Waals surface area (Å²) in [5, 5.41) is 0.604. The number of nitrogens with zero attached hydrogens (tertiary/aromatic N) is 2. The fourth-order valence-electron chi connectivity index (χ4n) is 2.48. The molecule has 1 aromatic heterocycles. The van der Waals surface area contributed by atoms with Crippen molar-refractivity contribution in [3.8, 4) is 5.19 Å². The van der Waals surface area contributed by atoms with Crippen molar-refractivity contribution in [2.75, 3.05) is 13.0 Å². The summed E-state index contributed by atoms with van der Waals surface area (Å²) < 4.78 is 19.2. The molecule has 0 atom stereocenters. The summed E-state index contributed by atoms with van der Waals surface area (Å²) in [5.74, 6) is -0.575. The number of aromatic nitrogens is 1. The third-order valence-corrected chi connectivity index (χ3v) is 4.94. The number of halogens is 2. The zero-order chi connectivity index (χ0) is 17.8.